The average Bonchev–Trinajstić information content (AvgIpc) is 3.34. The van der Waals surface area contributed by atoms with E-state index in [2.05, 4.69) is 20.3 Å². The number of nitrogens with zero attached hydrogens (tertiary/aromatic N) is 2. The van der Waals surface area contributed by atoms with Crippen molar-refractivity contribution in [2.75, 3.05) is 11.1 Å². The summed E-state index contributed by atoms with van der Waals surface area (Å²) in [5.74, 6) is 1.25. The second-order valence-electron chi connectivity index (χ2n) is 7.74. The van der Waals surface area contributed by atoms with Crippen LogP contribution in [0.5, 0.6) is 0 Å². The van der Waals surface area contributed by atoms with Gasteiger partial charge in [0.15, 0.2) is 5.13 Å². The second-order valence-corrected chi connectivity index (χ2v) is 10.8. The molecule has 0 aliphatic heterocycles. The van der Waals surface area contributed by atoms with Gasteiger partial charge in [-0.25, -0.2) is 9.97 Å². The van der Waals surface area contributed by atoms with Crippen LogP contribution >= 0.6 is 34.4 Å². The molecule has 0 spiro atoms. The lowest BCUT2D eigenvalue weighted by Gasteiger charge is -2.09. The van der Waals surface area contributed by atoms with Crippen molar-refractivity contribution in [3.8, 4) is 10.4 Å². The van der Waals surface area contributed by atoms with E-state index in [0.717, 1.165) is 45.6 Å². The number of benzene rings is 1. The van der Waals surface area contributed by atoms with Crippen LogP contribution in [-0.4, -0.2) is 26.6 Å². The van der Waals surface area contributed by atoms with Crippen molar-refractivity contribution in [1.82, 2.24) is 15.0 Å². The zero-order valence-corrected chi connectivity index (χ0v) is 20.0. The van der Waals surface area contributed by atoms with E-state index in [1.807, 2.05) is 37.3 Å². The van der Waals surface area contributed by atoms with Crippen LogP contribution in [0.3, 0.4) is 0 Å². The molecule has 0 atom stereocenters. The maximum absolute atomic E-state index is 12.6. The minimum Gasteiger partial charge on any atom is -0.309 e. The first-order valence-electron chi connectivity index (χ1n) is 10.5. The van der Waals surface area contributed by atoms with Gasteiger partial charge in [-0.3, -0.25) is 9.59 Å². The SMILES string of the molecule is Cc1nc(NC(=O)CSCc2nc3sc4c(c3c(=O)[nH]2)CCCC4)sc1-c1ccccc1. The van der Waals surface area contributed by atoms with Crippen LogP contribution in [0, 0.1) is 6.92 Å². The lowest BCUT2D eigenvalue weighted by Crippen LogP contribution is -2.15. The number of fused-ring (bicyclic) bond motifs is 3. The summed E-state index contributed by atoms with van der Waals surface area (Å²) in [4.78, 5) is 40.3. The van der Waals surface area contributed by atoms with Gasteiger partial charge in [-0.05, 0) is 43.7 Å². The van der Waals surface area contributed by atoms with Crippen molar-refractivity contribution in [1.29, 1.82) is 0 Å². The minimum absolute atomic E-state index is 0.0545. The van der Waals surface area contributed by atoms with Crippen LogP contribution < -0.4 is 10.9 Å². The van der Waals surface area contributed by atoms with Gasteiger partial charge in [-0.15, -0.1) is 23.1 Å². The van der Waals surface area contributed by atoms with E-state index in [1.165, 1.54) is 40.0 Å². The van der Waals surface area contributed by atoms with Crippen LogP contribution in [0.2, 0.25) is 0 Å². The molecule has 0 radical (unpaired) electrons. The number of aromatic amines is 1. The fraction of sp³-hybridized carbons (Fsp3) is 0.304. The number of rotatable bonds is 6. The van der Waals surface area contributed by atoms with Crippen LogP contribution in [-0.2, 0) is 23.4 Å². The highest BCUT2D eigenvalue weighted by Crippen LogP contribution is 2.34. The lowest BCUT2D eigenvalue weighted by atomic mass is 9.97. The number of anilines is 1. The van der Waals surface area contributed by atoms with E-state index in [0.29, 0.717) is 16.7 Å². The highest BCUT2D eigenvalue weighted by Gasteiger charge is 2.20. The first kappa shape index (κ1) is 21.4. The van der Waals surface area contributed by atoms with E-state index in [-0.39, 0.29) is 17.2 Å². The Bertz CT molecular complexity index is 1340. The maximum atomic E-state index is 12.6. The van der Waals surface area contributed by atoms with Gasteiger partial charge in [0.1, 0.15) is 10.7 Å². The minimum atomic E-state index is -0.113. The Hall–Kier alpha value is -2.49. The number of thiazole rings is 1. The molecule has 0 unspecified atom stereocenters. The van der Waals surface area contributed by atoms with Crippen molar-refractivity contribution in [3.05, 3.63) is 62.6 Å². The zero-order valence-electron chi connectivity index (χ0n) is 17.6. The van der Waals surface area contributed by atoms with Crippen LogP contribution in [0.25, 0.3) is 20.7 Å². The molecule has 164 valence electrons. The summed E-state index contributed by atoms with van der Waals surface area (Å²) in [5.41, 5.74) is 3.13. The molecule has 3 heterocycles. The summed E-state index contributed by atoms with van der Waals surface area (Å²) in [6, 6.07) is 10.0. The Morgan fingerprint density at radius 3 is 2.81 bits per heavy atom. The Morgan fingerprint density at radius 2 is 1.97 bits per heavy atom. The molecule has 4 aromatic rings. The van der Waals surface area contributed by atoms with Gasteiger partial charge in [0.05, 0.1) is 27.5 Å². The first-order valence-corrected chi connectivity index (χ1v) is 13.3. The number of hydrogen-bond donors (Lipinski definition) is 2. The topological polar surface area (TPSA) is 87.7 Å². The van der Waals surface area contributed by atoms with E-state index in [9.17, 15) is 9.59 Å². The van der Waals surface area contributed by atoms with Gasteiger partial charge >= 0.3 is 0 Å². The van der Waals surface area contributed by atoms with Gasteiger partial charge < -0.3 is 10.3 Å². The molecule has 9 heteroatoms. The van der Waals surface area contributed by atoms with Crippen molar-refractivity contribution in [3.63, 3.8) is 0 Å². The van der Waals surface area contributed by atoms with Crippen molar-refractivity contribution >= 4 is 55.7 Å². The second kappa shape index (κ2) is 9.17. The largest absolute Gasteiger partial charge is 0.309 e. The number of amides is 1. The molecule has 0 bridgehead atoms. The van der Waals surface area contributed by atoms with E-state index < -0.39 is 0 Å². The van der Waals surface area contributed by atoms with E-state index in [1.54, 1.807) is 11.3 Å². The number of hydrogen-bond acceptors (Lipinski definition) is 7. The first-order chi connectivity index (χ1) is 15.6. The molecule has 0 saturated heterocycles. The Morgan fingerprint density at radius 1 is 1.16 bits per heavy atom. The Labute approximate surface area is 197 Å². The number of carbonyl (C=O) groups is 1. The fourth-order valence-corrected chi connectivity index (χ4v) is 6.94. The van der Waals surface area contributed by atoms with Gasteiger partial charge in [-0.1, -0.05) is 41.7 Å². The third kappa shape index (κ3) is 4.37. The number of carbonyl (C=O) groups excluding carboxylic acids is 1. The van der Waals surface area contributed by atoms with E-state index in [4.69, 9.17) is 0 Å². The number of nitrogens with one attached hydrogen (secondary N) is 2. The number of aryl methyl sites for hydroxylation is 3. The Balaban J connectivity index is 1.21. The third-order valence-electron chi connectivity index (χ3n) is 5.42. The normalized spacial score (nSPS) is 13.3. The van der Waals surface area contributed by atoms with Gasteiger partial charge in [0.25, 0.3) is 5.56 Å². The van der Waals surface area contributed by atoms with E-state index >= 15 is 0 Å². The summed E-state index contributed by atoms with van der Waals surface area (Å²) < 4.78 is 0. The molecule has 2 N–H and O–H groups in total. The molecule has 32 heavy (non-hydrogen) atoms. The number of H-pyrrole nitrogens is 1. The van der Waals surface area contributed by atoms with Crippen LogP contribution in [0.4, 0.5) is 5.13 Å². The summed E-state index contributed by atoms with van der Waals surface area (Å²) in [7, 11) is 0. The van der Waals surface area contributed by atoms with Crippen LogP contribution in [0.15, 0.2) is 35.1 Å². The molecule has 1 aliphatic rings. The van der Waals surface area contributed by atoms with Crippen molar-refractivity contribution in [2.45, 2.75) is 38.4 Å². The summed E-state index contributed by atoms with van der Waals surface area (Å²) in [5, 5.41) is 4.26. The molecule has 0 fully saturated rings. The standard InChI is InChI=1S/C23H22N4O2S3/c1-13-20(14-7-3-2-4-8-14)32-23(24-13)27-18(28)12-30-11-17-25-21(29)19-15-9-5-6-10-16(15)31-22(19)26-17/h2-4,7-8H,5-6,9-12H2,1H3,(H,24,27,28)(H,25,26,29). The Kier molecular flexibility index (Phi) is 6.12. The molecule has 6 nitrogen and oxygen atoms in total. The fourth-order valence-electron chi connectivity index (χ4n) is 3.98. The molecule has 1 amide bonds. The third-order valence-corrected chi connectivity index (χ3v) is 8.68. The predicted octanol–water partition coefficient (Wildman–Crippen LogP) is 5.17. The maximum Gasteiger partial charge on any atom is 0.259 e. The summed E-state index contributed by atoms with van der Waals surface area (Å²) >= 11 is 4.55. The summed E-state index contributed by atoms with van der Waals surface area (Å²) in [6.45, 7) is 1.95. The molecule has 0 saturated carbocycles. The molecule has 1 aliphatic carbocycles. The number of thioether (sulfide) groups is 1. The highest BCUT2D eigenvalue weighted by atomic mass is 32.2. The van der Waals surface area contributed by atoms with Gasteiger partial charge in [0.2, 0.25) is 5.91 Å². The van der Waals surface area contributed by atoms with Crippen molar-refractivity contribution in [2.24, 2.45) is 0 Å². The highest BCUT2D eigenvalue weighted by molar-refractivity contribution is 7.99. The predicted molar refractivity (Wildman–Crippen MR) is 134 cm³/mol. The molecular formula is C23H22N4O2S3. The smallest absolute Gasteiger partial charge is 0.259 e. The van der Waals surface area contributed by atoms with Gasteiger partial charge in [0, 0.05) is 4.88 Å². The van der Waals surface area contributed by atoms with Crippen LogP contribution in [0.1, 0.15) is 34.8 Å². The molecule has 5 rings (SSSR count). The van der Waals surface area contributed by atoms with Gasteiger partial charge in [-0.2, -0.15) is 0 Å². The monoisotopic (exact) mass is 482 g/mol. The zero-order chi connectivity index (χ0) is 22.1. The average molecular weight is 483 g/mol. The quantitative estimate of drug-likeness (QED) is 0.396. The molecule has 1 aromatic carbocycles. The summed E-state index contributed by atoms with van der Waals surface area (Å²) in [6.07, 6.45) is 4.33. The number of thiophene rings is 1. The lowest BCUT2D eigenvalue weighted by molar-refractivity contribution is -0.113. The molecule has 3 aromatic heterocycles. The molecular weight excluding hydrogens is 460 g/mol. The number of aromatic nitrogens is 3. The van der Waals surface area contributed by atoms with Crippen molar-refractivity contribution < 1.29 is 4.79 Å².